The Balaban J connectivity index is 1.20. The Labute approximate surface area is 182 Å². The third kappa shape index (κ3) is 6.40. The monoisotopic (exact) mass is 414 g/mol. The van der Waals surface area contributed by atoms with Crippen LogP contribution in [0.2, 0.25) is 0 Å². The average Bonchev–Trinajstić information content (AvgIpc) is 3.48. The lowest BCUT2D eigenvalue weighted by Crippen LogP contribution is -1.99. The van der Waals surface area contributed by atoms with Crippen LogP contribution in [0.4, 0.5) is 0 Å². The van der Waals surface area contributed by atoms with Gasteiger partial charge in [0.05, 0.1) is 6.20 Å². The molecular formula is C25H26N4O2. The van der Waals surface area contributed by atoms with Gasteiger partial charge in [0.2, 0.25) is 5.89 Å². The van der Waals surface area contributed by atoms with Crippen molar-refractivity contribution in [1.29, 1.82) is 0 Å². The fraction of sp³-hybridized carbons (Fsp3) is 0.240. The summed E-state index contributed by atoms with van der Waals surface area (Å²) in [6.45, 7) is 3.28. The molecule has 0 aliphatic heterocycles. The summed E-state index contributed by atoms with van der Waals surface area (Å²) < 4.78 is 13.2. The molecule has 31 heavy (non-hydrogen) atoms. The number of aryl methyl sites for hydroxylation is 3. The van der Waals surface area contributed by atoms with Gasteiger partial charge in [0.15, 0.2) is 6.61 Å². The molecule has 6 heteroatoms. The molecular weight excluding hydrogens is 388 g/mol. The highest BCUT2D eigenvalue weighted by atomic mass is 16.5. The summed E-state index contributed by atoms with van der Waals surface area (Å²) in [7, 11) is 0. The van der Waals surface area contributed by atoms with Gasteiger partial charge in [-0.15, -0.1) is 5.10 Å². The number of aromatic nitrogens is 4. The van der Waals surface area contributed by atoms with Crippen molar-refractivity contribution in [3.8, 4) is 5.75 Å². The van der Waals surface area contributed by atoms with Crippen LogP contribution in [-0.2, 0) is 19.6 Å². The van der Waals surface area contributed by atoms with Gasteiger partial charge in [-0.2, -0.15) is 0 Å². The Kier molecular flexibility index (Phi) is 6.90. The maximum atomic E-state index is 5.81. The molecule has 0 aliphatic carbocycles. The largest absolute Gasteiger partial charge is 0.484 e. The summed E-state index contributed by atoms with van der Waals surface area (Å²) in [5.41, 5.74) is 4.45. The van der Waals surface area contributed by atoms with E-state index in [1.165, 1.54) is 11.1 Å². The van der Waals surface area contributed by atoms with E-state index in [0.29, 0.717) is 12.5 Å². The fourth-order valence-corrected chi connectivity index (χ4v) is 3.18. The minimum atomic E-state index is 0.301. The number of nitrogens with zero attached hydrogens (tertiary/aromatic N) is 4. The van der Waals surface area contributed by atoms with Crippen LogP contribution in [0.3, 0.4) is 0 Å². The van der Waals surface area contributed by atoms with E-state index in [0.717, 1.165) is 42.8 Å². The van der Waals surface area contributed by atoms with Crippen LogP contribution >= 0.6 is 0 Å². The van der Waals surface area contributed by atoms with Gasteiger partial charge in [-0.05, 0) is 55.5 Å². The van der Waals surface area contributed by atoms with Gasteiger partial charge < -0.3 is 9.15 Å². The molecule has 0 saturated heterocycles. The first kappa shape index (κ1) is 20.6. The second-order valence-corrected chi connectivity index (χ2v) is 7.47. The molecule has 0 N–H and O–H groups in total. The zero-order chi connectivity index (χ0) is 21.3. The highest BCUT2D eigenvalue weighted by molar-refractivity contribution is 5.67. The Morgan fingerprint density at radius 1 is 1.00 bits per heavy atom. The molecule has 0 atom stereocenters. The van der Waals surface area contributed by atoms with Gasteiger partial charge in [0, 0.05) is 12.7 Å². The van der Waals surface area contributed by atoms with Crippen molar-refractivity contribution in [2.45, 2.75) is 39.3 Å². The number of oxazole rings is 1. The quantitative estimate of drug-likeness (QED) is 0.327. The van der Waals surface area contributed by atoms with Crippen molar-refractivity contribution < 1.29 is 9.15 Å². The lowest BCUT2D eigenvalue weighted by Gasteiger charge is -2.06. The first-order valence-electron chi connectivity index (χ1n) is 10.5. The second kappa shape index (κ2) is 10.4. The molecule has 158 valence electrons. The van der Waals surface area contributed by atoms with Crippen LogP contribution in [0.5, 0.6) is 5.75 Å². The summed E-state index contributed by atoms with van der Waals surface area (Å²) in [6.07, 6.45) is 12.4. The minimum Gasteiger partial charge on any atom is -0.484 e. The third-order valence-corrected chi connectivity index (χ3v) is 4.95. The number of benzene rings is 2. The van der Waals surface area contributed by atoms with E-state index in [-0.39, 0.29) is 0 Å². The number of unbranched alkanes of at least 4 members (excludes halogenated alkanes) is 1. The summed E-state index contributed by atoms with van der Waals surface area (Å²) in [6, 6.07) is 16.5. The van der Waals surface area contributed by atoms with Gasteiger partial charge in [0.25, 0.3) is 0 Å². The molecule has 4 rings (SSSR count). The Morgan fingerprint density at radius 3 is 2.61 bits per heavy atom. The maximum Gasteiger partial charge on any atom is 0.232 e. The molecule has 4 aromatic rings. The molecule has 6 nitrogen and oxygen atoms in total. The first-order chi connectivity index (χ1) is 15.2. The number of ether oxygens (including phenoxy) is 1. The molecule has 0 aliphatic rings. The highest BCUT2D eigenvalue weighted by Gasteiger charge is 2.04. The molecule has 0 bridgehead atoms. The van der Waals surface area contributed by atoms with Crippen LogP contribution in [0, 0.1) is 6.92 Å². The lowest BCUT2D eigenvalue weighted by atomic mass is 10.1. The normalized spacial score (nSPS) is 11.3. The van der Waals surface area contributed by atoms with Gasteiger partial charge in [0.1, 0.15) is 17.7 Å². The van der Waals surface area contributed by atoms with E-state index in [2.05, 4.69) is 58.6 Å². The molecule has 0 fully saturated rings. The number of hydrogen-bond donors (Lipinski definition) is 0. The van der Waals surface area contributed by atoms with E-state index < -0.39 is 0 Å². The topological polar surface area (TPSA) is 66.0 Å². The van der Waals surface area contributed by atoms with E-state index in [4.69, 9.17) is 9.15 Å². The molecule has 2 aromatic carbocycles. The second-order valence-electron chi connectivity index (χ2n) is 7.47. The first-order valence-corrected chi connectivity index (χ1v) is 10.5. The van der Waals surface area contributed by atoms with Gasteiger partial charge in [-0.25, -0.2) is 4.98 Å². The van der Waals surface area contributed by atoms with Crippen molar-refractivity contribution in [2.75, 3.05) is 0 Å². The van der Waals surface area contributed by atoms with E-state index in [9.17, 15) is 0 Å². The van der Waals surface area contributed by atoms with Crippen molar-refractivity contribution in [3.05, 3.63) is 95.5 Å². The molecule has 0 unspecified atom stereocenters. The predicted molar refractivity (Wildman–Crippen MR) is 120 cm³/mol. The van der Waals surface area contributed by atoms with Crippen molar-refractivity contribution >= 4 is 12.2 Å². The van der Waals surface area contributed by atoms with Gasteiger partial charge in [-0.1, -0.05) is 53.3 Å². The van der Waals surface area contributed by atoms with Gasteiger partial charge in [-0.3, -0.25) is 4.68 Å². The van der Waals surface area contributed by atoms with Crippen LogP contribution in [0.1, 0.15) is 41.1 Å². The van der Waals surface area contributed by atoms with Crippen molar-refractivity contribution in [2.24, 2.45) is 0 Å². The molecule has 0 amide bonds. The summed E-state index contributed by atoms with van der Waals surface area (Å²) in [5, 5.41) is 7.80. The van der Waals surface area contributed by atoms with E-state index >= 15 is 0 Å². The average molecular weight is 415 g/mol. The third-order valence-electron chi connectivity index (χ3n) is 4.95. The summed E-state index contributed by atoms with van der Waals surface area (Å²) in [5.74, 6) is 1.36. The SMILES string of the molecule is Cc1ccc(/C=C/c2coc(COc3ccc(CCCCn4ccnn4)cc3)n2)cc1. The Bertz CT molecular complexity index is 1080. The summed E-state index contributed by atoms with van der Waals surface area (Å²) >= 11 is 0. The fourth-order valence-electron chi connectivity index (χ4n) is 3.18. The zero-order valence-corrected chi connectivity index (χ0v) is 17.6. The van der Waals surface area contributed by atoms with Crippen LogP contribution in [0.15, 0.2) is 71.6 Å². The minimum absolute atomic E-state index is 0.301. The number of rotatable bonds is 10. The highest BCUT2D eigenvalue weighted by Crippen LogP contribution is 2.16. The number of hydrogen-bond acceptors (Lipinski definition) is 5. The van der Waals surface area contributed by atoms with Crippen LogP contribution in [-0.4, -0.2) is 20.0 Å². The van der Waals surface area contributed by atoms with Crippen LogP contribution < -0.4 is 4.74 Å². The molecule has 0 radical (unpaired) electrons. The predicted octanol–water partition coefficient (Wildman–Crippen LogP) is 5.35. The lowest BCUT2D eigenvalue weighted by molar-refractivity contribution is 0.263. The van der Waals surface area contributed by atoms with Crippen molar-refractivity contribution in [3.63, 3.8) is 0 Å². The van der Waals surface area contributed by atoms with Crippen LogP contribution in [0.25, 0.3) is 12.2 Å². The van der Waals surface area contributed by atoms with E-state index in [1.807, 2.05) is 35.2 Å². The van der Waals surface area contributed by atoms with Gasteiger partial charge >= 0.3 is 0 Å². The molecule has 0 saturated carbocycles. The zero-order valence-electron chi connectivity index (χ0n) is 17.6. The van der Waals surface area contributed by atoms with Crippen molar-refractivity contribution in [1.82, 2.24) is 20.0 Å². The molecule has 0 spiro atoms. The molecule has 2 aromatic heterocycles. The smallest absolute Gasteiger partial charge is 0.232 e. The molecule has 2 heterocycles. The van der Waals surface area contributed by atoms with E-state index in [1.54, 1.807) is 12.5 Å². The standard InChI is InChI=1S/C25H26N4O2/c1-20-5-7-22(8-6-20)9-12-23-18-31-25(27-23)19-30-24-13-10-21(11-14-24)4-2-3-16-29-17-15-26-28-29/h5-15,17-18H,2-4,16,19H2,1H3/b12-9+. The maximum absolute atomic E-state index is 5.81. The summed E-state index contributed by atoms with van der Waals surface area (Å²) in [4.78, 5) is 4.46. The Hall–Kier alpha value is -3.67. The Morgan fingerprint density at radius 2 is 1.84 bits per heavy atom.